The lowest BCUT2D eigenvalue weighted by Gasteiger charge is -2.03. The lowest BCUT2D eigenvalue weighted by Crippen LogP contribution is -1.93. The number of Topliss-reactive ketones (excluding diaryl/α,β-unsaturated/α-hetero) is 1. The largest absolute Gasteiger partial charge is 0.295 e. The predicted octanol–water partition coefficient (Wildman–Crippen LogP) is 3.88. The number of thioether (sulfide) groups is 1. The normalized spacial score (nSPS) is 10.8. The Morgan fingerprint density at radius 3 is 2.61 bits per heavy atom. The van der Waals surface area contributed by atoms with Crippen LogP contribution in [-0.2, 0) is 4.79 Å². The Morgan fingerprint density at radius 2 is 2.00 bits per heavy atom. The Balaban J connectivity index is 2.65. The molecule has 0 saturated heterocycles. The van der Waals surface area contributed by atoms with Crippen molar-refractivity contribution in [3.05, 3.63) is 41.0 Å². The molecule has 0 aliphatic heterocycles. The van der Waals surface area contributed by atoms with Crippen molar-refractivity contribution in [3.8, 4) is 0 Å². The number of carbonyl (C=O) groups excluding carboxylic acids is 2. The zero-order valence-corrected chi connectivity index (χ0v) is 11.8. The van der Waals surface area contributed by atoms with E-state index >= 15 is 0 Å². The fraction of sp³-hybridized carbons (Fsp3) is 0.333. The van der Waals surface area contributed by atoms with Gasteiger partial charge in [-0.05, 0) is 37.5 Å². The average Bonchev–Trinajstić information content (AvgIpc) is 2.30. The summed E-state index contributed by atoms with van der Waals surface area (Å²) < 4.78 is 0. The second-order valence-electron chi connectivity index (χ2n) is 4.16. The summed E-state index contributed by atoms with van der Waals surface area (Å²) in [7, 11) is 0. The van der Waals surface area contributed by atoms with Gasteiger partial charge in [-0.25, -0.2) is 0 Å². The maximum Gasteiger partial charge on any atom is 0.185 e. The number of aryl methyl sites for hydroxylation is 1. The third-order valence-corrected chi connectivity index (χ3v) is 3.42. The van der Waals surface area contributed by atoms with E-state index in [1.807, 2.05) is 37.3 Å². The average molecular weight is 262 g/mol. The van der Waals surface area contributed by atoms with Gasteiger partial charge in [0, 0.05) is 18.2 Å². The van der Waals surface area contributed by atoms with Gasteiger partial charge in [0.25, 0.3) is 0 Å². The first kappa shape index (κ1) is 14.7. The molecule has 3 heteroatoms. The number of hydrogen-bond acceptors (Lipinski definition) is 3. The van der Waals surface area contributed by atoms with E-state index in [9.17, 15) is 9.59 Å². The molecule has 0 aromatic heterocycles. The number of carbonyl (C=O) groups is 2. The number of hydrogen-bond donors (Lipinski definition) is 0. The highest BCUT2D eigenvalue weighted by atomic mass is 32.2. The van der Waals surface area contributed by atoms with Gasteiger partial charge < -0.3 is 0 Å². The Bertz CT molecular complexity index is 475. The summed E-state index contributed by atoms with van der Waals surface area (Å²) >= 11 is 1.33. The summed E-state index contributed by atoms with van der Waals surface area (Å²) in [5.41, 5.74) is 2.95. The summed E-state index contributed by atoms with van der Waals surface area (Å²) in [6.07, 6.45) is 4.92. The number of ketones is 1. The van der Waals surface area contributed by atoms with E-state index in [0.717, 1.165) is 28.9 Å². The van der Waals surface area contributed by atoms with Crippen molar-refractivity contribution in [1.82, 2.24) is 0 Å². The molecule has 0 aliphatic rings. The molecule has 0 spiro atoms. The minimum atomic E-state index is 0.0804. The molecule has 0 unspecified atom stereocenters. The van der Waals surface area contributed by atoms with Gasteiger partial charge in [-0.2, -0.15) is 0 Å². The van der Waals surface area contributed by atoms with Crippen molar-refractivity contribution in [2.45, 2.75) is 27.2 Å². The van der Waals surface area contributed by atoms with Crippen LogP contribution < -0.4 is 0 Å². The second-order valence-corrected chi connectivity index (χ2v) is 5.43. The van der Waals surface area contributed by atoms with E-state index in [2.05, 4.69) is 0 Å². The molecule has 0 bridgehead atoms. The van der Waals surface area contributed by atoms with E-state index in [1.54, 1.807) is 13.8 Å². The number of allylic oxidation sites excluding steroid dienone is 1. The van der Waals surface area contributed by atoms with Gasteiger partial charge in [-0.1, -0.05) is 36.0 Å². The molecule has 1 rings (SSSR count). The van der Waals surface area contributed by atoms with Crippen molar-refractivity contribution < 1.29 is 9.59 Å². The van der Waals surface area contributed by atoms with Gasteiger partial charge in [-0.3, -0.25) is 9.59 Å². The third-order valence-electron chi connectivity index (χ3n) is 2.57. The van der Waals surface area contributed by atoms with Gasteiger partial charge in [0.1, 0.15) is 0 Å². The summed E-state index contributed by atoms with van der Waals surface area (Å²) in [4.78, 5) is 22.0. The van der Waals surface area contributed by atoms with E-state index in [-0.39, 0.29) is 10.9 Å². The number of rotatable bonds is 5. The van der Waals surface area contributed by atoms with Crippen molar-refractivity contribution in [2.75, 3.05) is 5.75 Å². The van der Waals surface area contributed by atoms with E-state index in [0.29, 0.717) is 0 Å². The molecule has 0 radical (unpaired) electrons. The summed E-state index contributed by atoms with van der Waals surface area (Å²) in [6, 6.07) is 5.72. The molecule has 0 heterocycles. The minimum Gasteiger partial charge on any atom is -0.295 e. The van der Waals surface area contributed by atoms with Crippen molar-refractivity contribution in [2.24, 2.45) is 0 Å². The van der Waals surface area contributed by atoms with E-state index in [1.165, 1.54) is 11.8 Å². The van der Waals surface area contributed by atoms with Gasteiger partial charge >= 0.3 is 0 Å². The molecule has 0 atom stereocenters. The molecule has 0 saturated carbocycles. The van der Waals surface area contributed by atoms with Crippen molar-refractivity contribution in [3.63, 3.8) is 0 Å². The van der Waals surface area contributed by atoms with Crippen LogP contribution in [0.15, 0.2) is 24.3 Å². The monoisotopic (exact) mass is 262 g/mol. The van der Waals surface area contributed by atoms with Crippen LogP contribution in [0.1, 0.15) is 41.8 Å². The highest BCUT2D eigenvalue weighted by Gasteiger charge is 2.01. The van der Waals surface area contributed by atoms with Gasteiger partial charge in [0.05, 0.1) is 0 Å². The van der Waals surface area contributed by atoms with Crippen LogP contribution in [0.3, 0.4) is 0 Å². The predicted molar refractivity (Wildman–Crippen MR) is 78.0 cm³/mol. The van der Waals surface area contributed by atoms with Gasteiger partial charge in [-0.15, -0.1) is 0 Å². The van der Waals surface area contributed by atoms with Gasteiger partial charge in [0.2, 0.25) is 0 Å². The molecular formula is C15H18O2S. The Morgan fingerprint density at radius 1 is 1.28 bits per heavy atom. The maximum atomic E-state index is 11.3. The molecule has 1 aromatic carbocycles. The lowest BCUT2D eigenvalue weighted by atomic mass is 10.0. The molecule has 2 nitrogen and oxygen atoms in total. The molecule has 1 aromatic rings. The SMILES string of the molecule is CC(=O)SCCC=Cc1cc(C(C)=O)ccc1C. The van der Waals surface area contributed by atoms with Crippen LogP contribution >= 0.6 is 11.8 Å². The smallest absolute Gasteiger partial charge is 0.185 e. The first-order valence-electron chi connectivity index (χ1n) is 5.92. The summed E-state index contributed by atoms with van der Waals surface area (Å²) in [5, 5.41) is 0.151. The topological polar surface area (TPSA) is 34.1 Å². The zero-order valence-electron chi connectivity index (χ0n) is 11.0. The Kier molecular flexibility index (Phi) is 5.86. The fourth-order valence-electron chi connectivity index (χ4n) is 1.52. The standard InChI is InChI=1S/C15H18O2S/c1-11-7-8-15(12(2)16)10-14(11)6-4-5-9-18-13(3)17/h4,6-8,10H,5,9H2,1-3H3. The van der Waals surface area contributed by atoms with Crippen LogP contribution in [0.2, 0.25) is 0 Å². The zero-order chi connectivity index (χ0) is 13.5. The molecule has 18 heavy (non-hydrogen) atoms. The molecule has 0 fully saturated rings. The lowest BCUT2D eigenvalue weighted by molar-refractivity contribution is -0.109. The summed E-state index contributed by atoms with van der Waals surface area (Å²) in [5.74, 6) is 0.883. The van der Waals surface area contributed by atoms with Crippen LogP contribution in [-0.4, -0.2) is 16.7 Å². The Hall–Kier alpha value is -1.35. The molecular weight excluding hydrogens is 244 g/mol. The molecule has 0 aliphatic carbocycles. The van der Waals surface area contributed by atoms with Crippen molar-refractivity contribution in [1.29, 1.82) is 0 Å². The second kappa shape index (κ2) is 7.17. The van der Waals surface area contributed by atoms with Crippen LogP contribution in [0.5, 0.6) is 0 Å². The van der Waals surface area contributed by atoms with Crippen molar-refractivity contribution >= 4 is 28.7 Å². The minimum absolute atomic E-state index is 0.0804. The highest BCUT2D eigenvalue weighted by Crippen LogP contribution is 2.14. The molecule has 96 valence electrons. The summed E-state index contributed by atoms with van der Waals surface area (Å²) in [6.45, 7) is 5.17. The Labute approximate surface area is 112 Å². The van der Waals surface area contributed by atoms with Crippen LogP contribution in [0.4, 0.5) is 0 Å². The van der Waals surface area contributed by atoms with Gasteiger partial charge in [0.15, 0.2) is 10.9 Å². The first-order valence-corrected chi connectivity index (χ1v) is 6.90. The van der Waals surface area contributed by atoms with Crippen LogP contribution in [0, 0.1) is 6.92 Å². The maximum absolute atomic E-state index is 11.3. The van der Waals surface area contributed by atoms with E-state index < -0.39 is 0 Å². The van der Waals surface area contributed by atoms with E-state index in [4.69, 9.17) is 0 Å². The van der Waals surface area contributed by atoms with Crippen LogP contribution in [0.25, 0.3) is 6.08 Å². The quantitative estimate of drug-likeness (QED) is 0.596. The molecule has 0 amide bonds. The molecule has 0 N–H and O–H groups in total. The first-order chi connectivity index (χ1) is 8.50. The number of benzene rings is 1. The third kappa shape index (κ3) is 4.88. The highest BCUT2D eigenvalue weighted by molar-refractivity contribution is 8.13. The fourth-order valence-corrected chi connectivity index (χ4v) is 2.06.